The molecule has 0 radical (unpaired) electrons. The Kier molecular flexibility index (Phi) is 2.43. The second kappa shape index (κ2) is 4.26. The highest BCUT2D eigenvalue weighted by Gasteiger charge is 2.11. The minimum absolute atomic E-state index is 0.372. The SMILES string of the molecule is c1ccc(-p2c3ccccc3c3ccccc32)cc1. The van der Waals surface area contributed by atoms with E-state index >= 15 is 0 Å². The molecular formula is C18H13P. The zero-order valence-corrected chi connectivity index (χ0v) is 11.3. The highest BCUT2D eigenvalue weighted by Crippen LogP contribution is 2.54. The van der Waals surface area contributed by atoms with E-state index in [0.717, 1.165) is 0 Å². The lowest BCUT2D eigenvalue weighted by Gasteiger charge is -2.02. The summed E-state index contributed by atoms with van der Waals surface area (Å²) >= 11 is 0. The number of benzene rings is 3. The van der Waals surface area contributed by atoms with Crippen LogP contribution in [0.2, 0.25) is 0 Å². The smallest absolute Gasteiger partial charge is 0.00683 e. The van der Waals surface area contributed by atoms with Crippen molar-refractivity contribution in [2.24, 2.45) is 0 Å². The van der Waals surface area contributed by atoms with Gasteiger partial charge in [0.05, 0.1) is 0 Å². The molecule has 0 N–H and O–H groups in total. The highest BCUT2D eigenvalue weighted by atomic mass is 31.1. The third-order valence-electron chi connectivity index (χ3n) is 3.59. The summed E-state index contributed by atoms with van der Waals surface area (Å²) < 4.78 is 0. The number of rotatable bonds is 1. The first-order valence-corrected chi connectivity index (χ1v) is 7.83. The van der Waals surface area contributed by atoms with Crippen molar-refractivity contribution in [1.29, 1.82) is 0 Å². The predicted octanol–water partition coefficient (Wildman–Crippen LogP) is 5.97. The van der Waals surface area contributed by atoms with Crippen LogP contribution in [0.15, 0.2) is 78.9 Å². The lowest BCUT2D eigenvalue weighted by atomic mass is 10.2. The molecule has 0 amide bonds. The number of hydrogen-bond donors (Lipinski definition) is 0. The first kappa shape index (κ1) is 10.8. The van der Waals surface area contributed by atoms with Crippen molar-refractivity contribution in [2.45, 2.75) is 0 Å². The second-order valence-corrected chi connectivity index (χ2v) is 6.86. The van der Waals surface area contributed by atoms with Crippen LogP contribution in [-0.2, 0) is 0 Å². The van der Waals surface area contributed by atoms with Gasteiger partial charge in [0.15, 0.2) is 0 Å². The molecule has 0 nitrogen and oxygen atoms in total. The van der Waals surface area contributed by atoms with E-state index in [1.165, 1.54) is 26.3 Å². The Morgan fingerprint density at radius 1 is 0.474 bits per heavy atom. The van der Waals surface area contributed by atoms with Gasteiger partial charge in [-0.05, 0) is 16.1 Å². The van der Waals surface area contributed by atoms with Gasteiger partial charge in [-0.25, -0.2) is 0 Å². The lowest BCUT2D eigenvalue weighted by molar-refractivity contribution is 1.76. The van der Waals surface area contributed by atoms with Crippen molar-refractivity contribution in [3.8, 4) is 5.30 Å². The molecule has 1 heteroatoms. The highest BCUT2D eigenvalue weighted by molar-refractivity contribution is 7.67. The Balaban J connectivity index is 2.24. The fraction of sp³-hybridized carbons (Fsp3) is 0. The van der Waals surface area contributed by atoms with Crippen LogP contribution in [0.25, 0.3) is 26.3 Å². The molecule has 0 saturated carbocycles. The summed E-state index contributed by atoms with van der Waals surface area (Å²) in [5, 5.41) is 7.24. The molecule has 0 aliphatic rings. The van der Waals surface area contributed by atoms with Crippen LogP contribution in [0.1, 0.15) is 0 Å². The standard InChI is InChI=1S/C18H13P/c1-2-8-14(9-3-1)19-17-12-6-4-10-15(17)16-11-5-7-13-18(16)19/h1-13H. The maximum absolute atomic E-state index is 2.29. The predicted molar refractivity (Wildman–Crippen MR) is 85.5 cm³/mol. The van der Waals surface area contributed by atoms with E-state index in [1.54, 1.807) is 0 Å². The van der Waals surface area contributed by atoms with Crippen LogP contribution in [-0.4, -0.2) is 0 Å². The molecule has 1 heterocycles. The molecule has 3 aromatic carbocycles. The van der Waals surface area contributed by atoms with Crippen molar-refractivity contribution in [1.82, 2.24) is 0 Å². The van der Waals surface area contributed by atoms with Gasteiger partial charge < -0.3 is 0 Å². The van der Waals surface area contributed by atoms with Crippen LogP contribution >= 0.6 is 7.53 Å². The Labute approximate surface area is 113 Å². The van der Waals surface area contributed by atoms with Gasteiger partial charge in [-0.15, -0.1) is 0 Å². The van der Waals surface area contributed by atoms with Crippen molar-refractivity contribution < 1.29 is 0 Å². The van der Waals surface area contributed by atoms with Gasteiger partial charge in [0.1, 0.15) is 0 Å². The minimum Gasteiger partial charge on any atom is -0.0772 e. The average molecular weight is 260 g/mol. The van der Waals surface area contributed by atoms with E-state index in [4.69, 9.17) is 0 Å². The van der Waals surface area contributed by atoms with Crippen LogP contribution in [0.3, 0.4) is 0 Å². The third kappa shape index (κ3) is 1.61. The van der Waals surface area contributed by atoms with E-state index in [9.17, 15) is 0 Å². The van der Waals surface area contributed by atoms with Crippen molar-refractivity contribution >= 4 is 28.5 Å². The van der Waals surface area contributed by atoms with Crippen LogP contribution < -0.4 is 0 Å². The first-order chi connectivity index (χ1) is 9.45. The van der Waals surface area contributed by atoms with Gasteiger partial charge >= 0.3 is 0 Å². The largest absolute Gasteiger partial charge is 0.0772 e. The zero-order chi connectivity index (χ0) is 12.7. The van der Waals surface area contributed by atoms with Gasteiger partial charge in [-0.1, -0.05) is 86.4 Å². The fourth-order valence-corrected chi connectivity index (χ4v) is 5.41. The fourth-order valence-electron chi connectivity index (χ4n) is 2.78. The van der Waals surface area contributed by atoms with Crippen LogP contribution in [0.5, 0.6) is 0 Å². The molecule has 0 aliphatic carbocycles. The number of hydrogen-bond acceptors (Lipinski definition) is 0. The maximum atomic E-state index is 2.29. The molecule has 0 unspecified atom stereocenters. The number of fused-ring (bicyclic) bond motifs is 3. The van der Waals surface area contributed by atoms with Crippen molar-refractivity contribution in [2.75, 3.05) is 0 Å². The Morgan fingerprint density at radius 2 is 0.947 bits per heavy atom. The van der Waals surface area contributed by atoms with Gasteiger partial charge in [0, 0.05) is 10.2 Å². The Morgan fingerprint density at radius 3 is 1.53 bits per heavy atom. The average Bonchev–Trinajstić information content (AvgIpc) is 2.83. The minimum atomic E-state index is -0.372. The zero-order valence-electron chi connectivity index (χ0n) is 10.5. The van der Waals surface area contributed by atoms with Crippen molar-refractivity contribution in [3.63, 3.8) is 0 Å². The summed E-state index contributed by atoms with van der Waals surface area (Å²) in [7, 11) is -0.372. The summed E-state index contributed by atoms with van der Waals surface area (Å²) in [5.41, 5.74) is 0. The van der Waals surface area contributed by atoms with Crippen molar-refractivity contribution in [3.05, 3.63) is 78.9 Å². The molecular weight excluding hydrogens is 247 g/mol. The van der Waals surface area contributed by atoms with Crippen LogP contribution in [0.4, 0.5) is 0 Å². The van der Waals surface area contributed by atoms with E-state index in [0.29, 0.717) is 0 Å². The molecule has 0 saturated heterocycles. The van der Waals surface area contributed by atoms with Gasteiger partial charge in [-0.2, -0.15) is 0 Å². The molecule has 0 fully saturated rings. The molecule has 90 valence electrons. The van der Waals surface area contributed by atoms with E-state index < -0.39 is 0 Å². The topological polar surface area (TPSA) is 0 Å². The summed E-state index contributed by atoms with van der Waals surface area (Å²) in [5.74, 6) is 0. The van der Waals surface area contributed by atoms with E-state index in [1.807, 2.05) is 0 Å². The monoisotopic (exact) mass is 260 g/mol. The summed E-state index contributed by atoms with van der Waals surface area (Å²) in [6, 6.07) is 28.5. The Bertz CT molecular complexity index is 803. The summed E-state index contributed by atoms with van der Waals surface area (Å²) in [6.45, 7) is 0. The van der Waals surface area contributed by atoms with Gasteiger partial charge in [0.2, 0.25) is 0 Å². The summed E-state index contributed by atoms with van der Waals surface area (Å²) in [6.07, 6.45) is 0. The quantitative estimate of drug-likeness (QED) is 0.395. The molecule has 4 rings (SSSR count). The molecule has 0 aliphatic heterocycles. The molecule has 19 heavy (non-hydrogen) atoms. The molecule has 0 bridgehead atoms. The third-order valence-corrected chi connectivity index (χ3v) is 6.15. The molecule has 4 aromatic rings. The molecule has 0 atom stereocenters. The first-order valence-electron chi connectivity index (χ1n) is 6.49. The van der Waals surface area contributed by atoms with Gasteiger partial charge in [-0.3, -0.25) is 0 Å². The maximum Gasteiger partial charge on any atom is 0.00683 e. The second-order valence-electron chi connectivity index (χ2n) is 4.71. The van der Waals surface area contributed by atoms with Crippen LogP contribution in [0, 0.1) is 0 Å². The van der Waals surface area contributed by atoms with Gasteiger partial charge in [0.25, 0.3) is 0 Å². The summed E-state index contributed by atoms with van der Waals surface area (Å²) in [4.78, 5) is 0. The van der Waals surface area contributed by atoms with E-state index in [2.05, 4.69) is 78.9 Å². The molecule has 0 spiro atoms. The molecule has 1 aromatic heterocycles. The Hall–Kier alpha value is -2.04. The normalized spacial score (nSPS) is 11.2. The lowest BCUT2D eigenvalue weighted by Crippen LogP contribution is -1.65. The van der Waals surface area contributed by atoms with E-state index in [-0.39, 0.29) is 7.53 Å².